The van der Waals surface area contributed by atoms with Gasteiger partial charge in [-0.3, -0.25) is 9.59 Å². The molecule has 32 heavy (non-hydrogen) atoms. The molecular weight excluding hydrogens is 404 g/mol. The molecule has 3 aromatic rings. The largest absolute Gasteiger partial charge is 0.493 e. The third-order valence-corrected chi connectivity index (χ3v) is 6.94. The zero-order valence-corrected chi connectivity index (χ0v) is 18.7. The lowest BCUT2D eigenvalue weighted by atomic mass is 9.81. The fourth-order valence-corrected chi connectivity index (χ4v) is 4.94. The second-order valence-corrected chi connectivity index (χ2v) is 8.86. The number of carbonyl (C=O) groups excluding carboxylic acids is 1. The molecule has 1 aliphatic heterocycles. The third kappa shape index (κ3) is 3.34. The Bertz CT molecular complexity index is 1260. The number of amides is 1. The van der Waals surface area contributed by atoms with Gasteiger partial charge in [0.2, 0.25) is 5.91 Å². The molecule has 6 heteroatoms. The molecule has 0 saturated heterocycles. The zero-order chi connectivity index (χ0) is 22.4. The van der Waals surface area contributed by atoms with Crippen molar-refractivity contribution in [3.05, 3.63) is 69.0 Å². The van der Waals surface area contributed by atoms with Crippen molar-refractivity contribution in [3.8, 4) is 11.5 Å². The molecule has 166 valence electrons. The molecule has 1 aliphatic carbocycles. The van der Waals surface area contributed by atoms with Crippen LogP contribution in [0.2, 0.25) is 0 Å². The van der Waals surface area contributed by atoms with Crippen molar-refractivity contribution in [3.63, 3.8) is 0 Å². The minimum Gasteiger partial charge on any atom is -0.493 e. The summed E-state index contributed by atoms with van der Waals surface area (Å²) in [7, 11) is 3.22. The number of H-pyrrole nitrogens is 1. The van der Waals surface area contributed by atoms with Crippen LogP contribution in [-0.4, -0.2) is 36.6 Å². The van der Waals surface area contributed by atoms with Gasteiger partial charge in [-0.1, -0.05) is 18.6 Å². The lowest BCUT2D eigenvalue weighted by Gasteiger charge is -2.41. The topological polar surface area (TPSA) is 71.6 Å². The number of rotatable bonds is 4. The van der Waals surface area contributed by atoms with E-state index in [9.17, 15) is 9.59 Å². The van der Waals surface area contributed by atoms with Gasteiger partial charge in [-0.15, -0.1) is 0 Å². The number of fused-ring (bicyclic) bond motifs is 2. The predicted octanol–water partition coefficient (Wildman–Crippen LogP) is 4.13. The summed E-state index contributed by atoms with van der Waals surface area (Å²) < 4.78 is 11.1. The number of methoxy groups -OCH3 is 2. The van der Waals surface area contributed by atoms with E-state index in [4.69, 9.17) is 9.47 Å². The van der Waals surface area contributed by atoms with Crippen LogP contribution in [0.3, 0.4) is 0 Å². The quantitative estimate of drug-likeness (QED) is 0.673. The molecule has 1 saturated carbocycles. The number of hydrogen-bond donors (Lipinski definition) is 1. The Labute approximate surface area is 187 Å². The Morgan fingerprint density at radius 3 is 2.47 bits per heavy atom. The summed E-state index contributed by atoms with van der Waals surface area (Å²) in [6.07, 6.45) is 3.66. The molecule has 2 aliphatic rings. The number of nitrogens with one attached hydrogen (secondary N) is 1. The Balaban J connectivity index is 1.71. The smallest absolute Gasteiger partial charge is 0.254 e. The molecular formula is C26H28N2O4. The minimum absolute atomic E-state index is 0.0568. The molecule has 0 bridgehead atoms. The van der Waals surface area contributed by atoms with Gasteiger partial charge in [0.1, 0.15) is 0 Å². The van der Waals surface area contributed by atoms with Crippen molar-refractivity contribution in [1.82, 2.24) is 9.88 Å². The highest BCUT2D eigenvalue weighted by Crippen LogP contribution is 2.42. The summed E-state index contributed by atoms with van der Waals surface area (Å²) in [5.41, 5.74) is 4.32. The summed E-state index contributed by atoms with van der Waals surface area (Å²) in [6, 6.07) is 11.4. The summed E-state index contributed by atoms with van der Waals surface area (Å²) in [4.78, 5) is 31.7. The Morgan fingerprint density at radius 2 is 1.78 bits per heavy atom. The van der Waals surface area contributed by atoms with Crippen molar-refractivity contribution >= 4 is 16.8 Å². The van der Waals surface area contributed by atoms with Crippen LogP contribution < -0.4 is 15.0 Å². The number of aromatic nitrogens is 1. The van der Waals surface area contributed by atoms with Crippen LogP contribution in [0.5, 0.6) is 11.5 Å². The standard InChI is InChI=1S/C26H28N2O4/c1-15-7-8-18-12-20(25(29)27-21(18)11-15)24-19-14-23(32-3)22(31-2)13-17(19)9-10-28(24)26(30)16-5-4-6-16/h7-8,11-14,16,24H,4-6,9-10H2,1-3H3,(H,27,29). The number of aromatic amines is 1. The highest BCUT2D eigenvalue weighted by atomic mass is 16.5. The Kier molecular flexibility index (Phi) is 5.16. The van der Waals surface area contributed by atoms with Gasteiger partial charge in [0.05, 0.1) is 20.3 Å². The normalized spacial score (nSPS) is 18.2. The lowest BCUT2D eigenvalue weighted by molar-refractivity contribution is -0.140. The van der Waals surface area contributed by atoms with Crippen molar-refractivity contribution < 1.29 is 14.3 Å². The molecule has 1 unspecified atom stereocenters. The van der Waals surface area contributed by atoms with Gasteiger partial charge in [-0.25, -0.2) is 0 Å². The molecule has 1 atom stereocenters. The summed E-state index contributed by atoms with van der Waals surface area (Å²) in [5.74, 6) is 1.46. The van der Waals surface area contributed by atoms with Crippen molar-refractivity contribution in [2.45, 2.75) is 38.6 Å². The summed E-state index contributed by atoms with van der Waals surface area (Å²) in [5, 5.41) is 0.953. The number of hydrogen-bond acceptors (Lipinski definition) is 4. The van der Waals surface area contributed by atoms with E-state index in [1.54, 1.807) is 14.2 Å². The molecule has 1 aromatic heterocycles. The van der Waals surface area contributed by atoms with Crippen molar-refractivity contribution in [1.29, 1.82) is 0 Å². The molecule has 6 nitrogen and oxygen atoms in total. The van der Waals surface area contributed by atoms with Crippen LogP contribution in [0.15, 0.2) is 41.2 Å². The highest BCUT2D eigenvalue weighted by Gasteiger charge is 2.39. The van der Waals surface area contributed by atoms with E-state index in [-0.39, 0.29) is 17.4 Å². The molecule has 2 aromatic carbocycles. The minimum atomic E-state index is -0.457. The number of ether oxygens (including phenoxy) is 2. The van der Waals surface area contributed by atoms with Crippen molar-refractivity contribution in [2.75, 3.05) is 20.8 Å². The SMILES string of the molecule is COc1cc2c(cc1OC)C(c1cc3ccc(C)cc3[nH]c1=O)N(C(=O)C1CCC1)CC2. The predicted molar refractivity (Wildman–Crippen MR) is 123 cm³/mol. The summed E-state index contributed by atoms with van der Waals surface area (Å²) in [6.45, 7) is 2.58. The Hall–Kier alpha value is -3.28. The van der Waals surface area contributed by atoms with Gasteiger partial charge in [0.15, 0.2) is 11.5 Å². The van der Waals surface area contributed by atoms with Gasteiger partial charge >= 0.3 is 0 Å². The third-order valence-electron chi connectivity index (χ3n) is 6.94. The van der Waals surface area contributed by atoms with Gasteiger partial charge < -0.3 is 19.4 Å². The zero-order valence-electron chi connectivity index (χ0n) is 18.7. The Morgan fingerprint density at radius 1 is 1.03 bits per heavy atom. The van der Waals surface area contributed by atoms with Crippen LogP contribution in [0.4, 0.5) is 0 Å². The van der Waals surface area contributed by atoms with Crippen LogP contribution in [0, 0.1) is 12.8 Å². The average molecular weight is 433 g/mol. The van der Waals surface area contributed by atoms with Crippen LogP contribution >= 0.6 is 0 Å². The molecule has 1 fully saturated rings. The van der Waals surface area contributed by atoms with Gasteiger partial charge in [-0.05, 0) is 72.5 Å². The molecule has 5 rings (SSSR count). The van der Waals surface area contributed by atoms with E-state index in [1.807, 2.05) is 48.2 Å². The van der Waals surface area contributed by atoms with Crippen LogP contribution in [-0.2, 0) is 11.2 Å². The summed E-state index contributed by atoms with van der Waals surface area (Å²) >= 11 is 0. The number of pyridine rings is 1. The van der Waals surface area contributed by atoms with E-state index in [0.29, 0.717) is 23.6 Å². The second-order valence-electron chi connectivity index (χ2n) is 8.86. The van der Waals surface area contributed by atoms with E-state index in [1.165, 1.54) is 0 Å². The fourth-order valence-electron chi connectivity index (χ4n) is 4.94. The van der Waals surface area contributed by atoms with E-state index in [2.05, 4.69) is 4.98 Å². The molecule has 1 amide bonds. The number of benzene rings is 2. The first-order chi connectivity index (χ1) is 15.5. The number of carbonyl (C=O) groups is 1. The number of nitrogens with zero attached hydrogens (tertiary/aromatic N) is 1. The van der Waals surface area contributed by atoms with E-state index in [0.717, 1.165) is 53.3 Å². The van der Waals surface area contributed by atoms with Gasteiger partial charge in [0.25, 0.3) is 5.56 Å². The first-order valence-corrected chi connectivity index (χ1v) is 11.2. The van der Waals surface area contributed by atoms with Gasteiger partial charge in [0, 0.05) is 23.5 Å². The average Bonchev–Trinajstić information content (AvgIpc) is 2.75. The van der Waals surface area contributed by atoms with Crippen LogP contribution in [0.25, 0.3) is 10.9 Å². The molecule has 1 N–H and O–H groups in total. The fraction of sp³-hybridized carbons (Fsp3) is 0.385. The first-order valence-electron chi connectivity index (χ1n) is 11.2. The first kappa shape index (κ1) is 20.6. The monoisotopic (exact) mass is 432 g/mol. The number of aryl methyl sites for hydroxylation is 1. The lowest BCUT2D eigenvalue weighted by Crippen LogP contribution is -2.46. The maximum atomic E-state index is 13.4. The van der Waals surface area contributed by atoms with Crippen molar-refractivity contribution in [2.24, 2.45) is 5.92 Å². The van der Waals surface area contributed by atoms with Gasteiger partial charge in [-0.2, -0.15) is 0 Å². The molecule has 0 spiro atoms. The maximum Gasteiger partial charge on any atom is 0.254 e. The maximum absolute atomic E-state index is 13.4. The highest BCUT2D eigenvalue weighted by molar-refractivity contribution is 5.83. The molecule has 0 radical (unpaired) electrons. The van der Waals surface area contributed by atoms with E-state index >= 15 is 0 Å². The second kappa shape index (κ2) is 8.01. The molecule has 2 heterocycles. The van der Waals surface area contributed by atoms with Crippen LogP contribution in [0.1, 0.15) is 47.6 Å². The van der Waals surface area contributed by atoms with E-state index < -0.39 is 6.04 Å².